The minimum absolute atomic E-state index is 0.119. The smallest absolute Gasteiger partial charge is 0.413 e. The van der Waals surface area contributed by atoms with Crippen molar-refractivity contribution < 1.29 is 27.5 Å². The molecular formula is C66H76N6O6S2Si. The summed E-state index contributed by atoms with van der Waals surface area (Å²) in [4.78, 5) is 25.5. The molecular weight excluding hydrogens is 1060 g/mol. The number of phenolic OH excluding ortho intramolecular Hbond substituents is 1. The summed E-state index contributed by atoms with van der Waals surface area (Å²) in [5, 5.41) is 16.7. The van der Waals surface area contributed by atoms with E-state index < -0.39 is 41.1 Å². The van der Waals surface area contributed by atoms with Crippen LogP contribution in [0.4, 0.5) is 4.79 Å². The number of carbonyl (C=O) groups excluding carboxylic acids is 1. The average Bonchev–Trinajstić information content (AvgIpc) is 3.46. The van der Waals surface area contributed by atoms with Crippen molar-refractivity contribution in [1.29, 1.82) is 0 Å². The number of fused-ring (bicyclic) bond motifs is 4. The maximum atomic E-state index is 12.7. The Kier molecular flexibility index (Phi) is 20.3. The van der Waals surface area contributed by atoms with Gasteiger partial charge in [0.15, 0.2) is 0 Å². The molecule has 1 aliphatic heterocycles. The number of benzene rings is 6. The maximum Gasteiger partial charge on any atom is 0.413 e. The van der Waals surface area contributed by atoms with Gasteiger partial charge in [0, 0.05) is 69.0 Å². The first kappa shape index (κ1) is 61.2. The summed E-state index contributed by atoms with van der Waals surface area (Å²) in [5.74, 6) is 1.64. The molecule has 0 fully saturated rings. The molecule has 3 aromatic heterocycles. The number of amides is 1. The van der Waals surface area contributed by atoms with Crippen LogP contribution in [0.3, 0.4) is 0 Å². The van der Waals surface area contributed by atoms with Crippen LogP contribution in [0.1, 0.15) is 108 Å². The molecule has 1 amide bonds. The molecule has 1 aliphatic rings. The lowest BCUT2D eigenvalue weighted by molar-refractivity contribution is 0.188. The summed E-state index contributed by atoms with van der Waals surface area (Å²) in [6.45, 7) is 24.6. The summed E-state index contributed by atoms with van der Waals surface area (Å²) in [5.41, 5.74) is 8.46. The van der Waals surface area contributed by atoms with Gasteiger partial charge in [-0.05, 0) is 127 Å². The third-order valence-electron chi connectivity index (χ3n) is 13.7. The first-order valence-corrected chi connectivity index (χ1v) is 32.3. The zero-order chi connectivity index (χ0) is 58.5. The van der Waals surface area contributed by atoms with Crippen molar-refractivity contribution >= 4 is 75.3 Å². The Morgan fingerprint density at radius 3 is 1.78 bits per heavy atom. The average molecular weight is 1140 g/mol. The van der Waals surface area contributed by atoms with E-state index in [9.17, 15) is 18.3 Å². The summed E-state index contributed by atoms with van der Waals surface area (Å²) >= 11 is 0. The van der Waals surface area contributed by atoms with Crippen molar-refractivity contribution in [2.24, 2.45) is 4.40 Å². The molecule has 0 saturated heterocycles. The Morgan fingerprint density at radius 1 is 0.654 bits per heavy atom. The van der Waals surface area contributed by atoms with Crippen LogP contribution in [-0.2, 0) is 34.8 Å². The number of nitrogens with one attached hydrogen (secondary N) is 2. The molecule has 0 radical (unpaired) electrons. The van der Waals surface area contributed by atoms with E-state index in [0.29, 0.717) is 18.6 Å². The van der Waals surface area contributed by atoms with Gasteiger partial charge in [0.25, 0.3) is 8.32 Å². The normalized spacial score (nSPS) is 14.6. The minimum Gasteiger partial charge on any atom is -0.543 e. The third kappa shape index (κ3) is 17.3. The lowest BCUT2D eigenvalue weighted by Crippen LogP contribution is -2.44. The Labute approximate surface area is 484 Å². The van der Waals surface area contributed by atoms with Gasteiger partial charge < -0.3 is 19.6 Å². The lowest BCUT2D eigenvalue weighted by Gasteiger charge is -2.36. The van der Waals surface area contributed by atoms with Crippen LogP contribution in [0.25, 0.3) is 32.7 Å². The quantitative estimate of drug-likeness (QED) is 0.0844. The van der Waals surface area contributed by atoms with Gasteiger partial charge in [-0.15, -0.1) is 0 Å². The van der Waals surface area contributed by atoms with E-state index in [1.807, 2.05) is 200 Å². The van der Waals surface area contributed by atoms with E-state index in [0.717, 1.165) is 66.8 Å². The van der Waals surface area contributed by atoms with Crippen molar-refractivity contribution in [3.63, 3.8) is 0 Å². The van der Waals surface area contributed by atoms with Crippen LogP contribution in [-0.4, -0.2) is 58.6 Å². The number of aromatic nitrogens is 3. The number of pyridine rings is 3. The number of ether oxygens (including phenoxy) is 1. The molecule has 9 aromatic rings. The molecule has 10 rings (SSSR count). The number of aryl methyl sites for hydroxylation is 1. The van der Waals surface area contributed by atoms with Gasteiger partial charge in [-0.1, -0.05) is 142 Å². The number of aromatic hydroxyl groups is 1. The van der Waals surface area contributed by atoms with E-state index >= 15 is 0 Å². The van der Waals surface area contributed by atoms with Crippen molar-refractivity contribution in [1.82, 2.24) is 25.0 Å². The van der Waals surface area contributed by atoms with E-state index in [2.05, 4.69) is 76.5 Å². The molecule has 0 bridgehead atoms. The van der Waals surface area contributed by atoms with E-state index in [-0.39, 0.29) is 27.6 Å². The summed E-state index contributed by atoms with van der Waals surface area (Å²) < 4.78 is 42.9. The molecule has 3 N–H and O–H groups in total. The second-order valence-corrected chi connectivity index (χ2v) is 31.9. The predicted molar refractivity (Wildman–Crippen MR) is 337 cm³/mol. The van der Waals surface area contributed by atoms with Crippen molar-refractivity contribution in [2.75, 3.05) is 0 Å². The van der Waals surface area contributed by atoms with Gasteiger partial charge in [0.2, 0.25) is 0 Å². The van der Waals surface area contributed by atoms with Gasteiger partial charge in [0.1, 0.15) is 28.2 Å². The third-order valence-corrected chi connectivity index (χ3v) is 21.0. The van der Waals surface area contributed by atoms with Crippen LogP contribution in [0, 0.1) is 6.92 Å². The first-order chi connectivity index (χ1) is 38.3. The molecule has 4 atom stereocenters. The molecule has 0 aliphatic carbocycles. The van der Waals surface area contributed by atoms with Crippen molar-refractivity contribution in [3.05, 3.63) is 216 Å². The fourth-order valence-corrected chi connectivity index (χ4v) is 10.5. The van der Waals surface area contributed by atoms with Gasteiger partial charge in [0.05, 0.1) is 49.1 Å². The number of para-hydroxylation sites is 6. The zero-order valence-electron chi connectivity index (χ0n) is 48.6. The highest BCUT2D eigenvalue weighted by Gasteiger charge is 2.39. The summed E-state index contributed by atoms with van der Waals surface area (Å²) in [7, 11) is -4.43. The molecule has 422 valence electrons. The number of carbonyl (C=O) groups is 1. The molecule has 1 unspecified atom stereocenters. The molecule has 6 aromatic carbocycles. The van der Waals surface area contributed by atoms with Gasteiger partial charge in [-0.3, -0.25) is 15.0 Å². The molecule has 81 heavy (non-hydrogen) atoms. The topological polar surface area (TPSA) is 165 Å². The Hall–Kier alpha value is -7.43. The fourth-order valence-electron chi connectivity index (χ4n) is 8.08. The minimum atomic E-state index is -1.91. The number of hydrogen-bond acceptors (Lipinski definition) is 9. The maximum absolute atomic E-state index is 12.7. The van der Waals surface area contributed by atoms with Crippen LogP contribution < -0.4 is 19.2 Å². The largest absolute Gasteiger partial charge is 0.543 e. The Balaban J connectivity index is 0.000000161. The highest BCUT2D eigenvalue weighted by Crippen LogP contribution is 2.38. The summed E-state index contributed by atoms with van der Waals surface area (Å²) in [6, 6.07) is 58.5. The van der Waals surface area contributed by atoms with Gasteiger partial charge in [-0.25, -0.2) is 17.9 Å². The lowest BCUT2D eigenvalue weighted by atomic mass is 9.99. The second kappa shape index (κ2) is 26.9. The van der Waals surface area contributed by atoms with Crippen molar-refractivity contribution in [3.8, 4) is 17.2 Å². The monoisotopic (exact) mass is 1140 g/mol. The molecule has 15 heteroatoms. The number of hydrogen-bond donors (Lipinski definition) is 3. The molecule has 4 heterocycles. The summed E-state index contributed by atoms with van der Waals surface area (Å²) in [6.07, 6.45) is 2.43. The predicted octanol–water partition coefficient (Wildman–Crippen LogP) is 15.4. The van der Waals surface area contributed by atoms with Crippen molar-refractivity contribution in [2.45, 2.75) is 122 Å². The van der Waals surface area contributed by atoms with E-state index in [4.69, 9.17) is 14.1 Å². The number of rotatable bonds is 11. The first-order valence-electron chi connectivity index (χ1n) is 27.1. The molecule has 0 spiro atoms. The van der Waals surface area contributed by atoms with Crippen LogP contribution in [0.5, 0.6) is 17.2 Å². The standard InChI is InChI=1S/C21H24N2O2S.C18H14N2O2.C17H29NO2SSi.C10H9N/c1-21(2,3)26(25)23-19(17-9-5-7-11-20(17)24)14-16-13-12-15-8-4-6-10-18(15)22-16;21-18-20-16(14-6-2-4-8-17(14)22-18)11-13-10-9-12-5-1-3-7-15(12)19-13;1-16(2,3)21(19)18-13-14-11-9-10-12-15(14)20-22(7,8)17(4,5)6;1-8-6-7-9-4-2-3-5-10(9)11-8/h4-13,19,23-24H,14H2,1-3H3;1-10,16H,11H2,(H,20,21);9-13H,1-8H3;2-7H,1H3/t19-,26?;16-;21-;/m111./s1. The SMILES string of the molecule is CC(C)(C)S(=O)N[C@H](Cc1ccc2ccccc2n1)c1ccccc1O.CC(C)(C)[S@@](=O)N=Cc1ccccc1O[Si](C)(C)C(C)(C)C.Cc1ccc2ccccc2n1.O=C1N[C@H](Cc2ccc3ccccc3n2)c2ccccc2O1. The number of nitrogens with zero attached hydrogens (tertiary/aromatic N) is 4. The van der Waals surface area contributed by atoms with E-state index in [1.165, 1.54) is 5.39 Å². The van der Waals surface area contributed by atoms with Gasteiger partial charge >= 0.3 is 6.09 Å². The second-order valence-electron chi connectivity index (χ2n) is 23.3. The van der Waals surface area contributed by atoms with Crippen LogP contribution in [0.2, 0.25) is 18.1 Å². The highest BCUT2D eigenvalue weighted by atomic mass is 32.2. The number of phenols is 1. The Morgan fingerprint density at radius 2 is 1.17 bits per heavy atom. The van der Waals surface area contributed by atoms with Crippen LogP contribution >= 0.6 is 0 Å². The van der Waals surface area contributed by atoms with Gasteiger partial charge in [-0.2, -0.15) is 4.40 Å². The van der Waals surface area contributed by atoms with E-state index in [1.54, 1.807) is 18.3 Å². The van der Waals surface area contributed by atoms with Crippen LogP contribution in [0.15, 0.2) is 186 Å². The highest BCUT2D eigenvalue weighted by molar-refractivity contribution is 7.85. The fraction of sp³-hybridized carbons (Fsp3) is 0.288. The Bertz CT molecular complexity index is 3680. The molecule has 0 saturated carbocycles. The molecule has 12 nitrogen and oxygen atoms in total. The zero-order valence-corrected chi connectivity index (χ0v) is 51.2.